The molecule has 4 heteroatoms. The predicted molar refractivity (Wildman–Crippen MR) is 85.9 cm³/mol. The summed E-state index contributed by atoms with van der Waals surface area (Å²) in [6.45, 7) is 1.78. The van der Waals surface area contributed by atoms with Crippen molar-refractivity contribution in [2.24, 2.45) is 0 Å². The first-order valence-corrected chi connectivity index (χ1v) is 7.40. The summed E-state index contributed by atoms with van der Waals surface area (Å²) in [6, 6.07) is 12.8. The van der Waals surface area contributed by atoms with Crippen LogP contribution < -0.4 is 0 Å². The van der Waals surface area contributed by atoms with E-state index in [2.05, 4.69) is 0 Å². The Kier molecular flexibility index (Phi) is 4.98. The van der Waals surface area contributed by atoms with Crippen LogP contribution in [0.2, 0.25) is 15.1 Å². The van der Waals surface area contributed by atoms with Crippen LogP contribution in [-0.4, -0.2) is 10.7 Å². The van der Waals surface area contributed by atoms with Crippen molar-refractivity contribution in [1.29, 1.82) is 0 Å². The molecule has 2 rings (SSSR count). The van der Waals surface area contributed by atoms with Crippen LogP contribution in [0.15, 0.2) is 42.5 Å². The van der Waals surface area contributed by atoms with Crippen molar-refractivity contribution in [3.05, 3.63) is 68.7 Å². The highest BCUT2D eigenvalue weighted by atomic mass is 35.5. The largest absolute Gasteiger partial charge is 0.389 e. The normalized spacial score (nSPS) is 14.1. The van der Waals surface area contributed by atoms with E-state index in [4.69, 9.17) is 34.8 Å². The summed E-state index contributed by atoms with van der Waals surface area (Å²) in [5.74, 6) is 0. The van der Waals surface area contributed by atoms with Gasteiger partial charge in [0.2, 0.25) is 0 Å². The van der Waals surface area contributed by atoms with Crippen LogP contribution in [0.4, 0.5) is 0 Å². The summed E-state index contributed by atoms with van der Waals surface area (Å²) in [5.41, 5.74) is 0.861. The molecule has 1 unspecified atom stereocenters. The molecule has 1 atom stereocenters. The molecule has 20 heavy (non-hydrogen) atoms. The summed E-state index contributed by atoms with van der Waals surface area (Å²) in [4.78, 5) is 0. The van der Waals surface area contributed by atoms with E-state index in [9.17, 15) is 5.11 Å². The average molecular weight is 330 g/mol. The number of halogens is 3. The number of rotatable bonds is 4. The Bertz CT molecular complexity index is 571. The lowest BCUT2D eigenvalue weighted by Gasteiger charge is -2.24. The van der Waals surface area contributed by atoms with Gasteiger partial charge in [0, 0.05) is 27.9 Å². The van der Waals surface area contributed by atoms with Gasteiger partial charge in [-0.3, -0.25) is 0 Å². The van der Waals surface area contributed by atoms with Gasteiger partial charge < -0.3 is 5.11 Å². The molecule has 0 saturated carbocycles. The second-order valence-corrected chi connectivity index (χ2v) is 6.43. The lowest BCUT2D eigenvalue weighted by molar-refractivity contribution is 0.0609. The van der Waals surface area contributed by atoms with Gasteiger partial charge in [0.1, 0.15) is 0 Å². The van der Waals surface area contributed by atoms with Crippen molar-refractivity contribution in [3.63, 3.8) is 0 Å². The first kappa shape index (κ1) is 15.7. The fourth-order valence-corrected chi connectivity index (χ4v) is 2.84. The number of hydrogen-bond acceptors (Lipinski definition) is 1. The van der Waals surface area contributed by atoms with Crippen LogP contribution >= 0.6 is 34.8 Å². The molecule has 0 aromatic heterocycles. The third kappa shape index (κ3) is 4.13. The van der Waals surface area contributed by atoms with Crippen LogP contribution in [0, 0.1) is 0 Å². The molecule has 0 saturated heterocycles. The first-order chi connectivity index (χ1) is 9.37. The number of benzene rings is 2. The van der Waals surface area contributed by atoms with Gasteiger partial charge in [-0.2, -0.15) is 0 Å². The third-order valence-corrected chi connectivity index (χ3v) is 4.08. The highest BCUT2D eigenvalue weighted by molar-refractivity contribution is 6.36. The highest BCUT2D eigenvalue weighted by Gasteiger charge is 2.24. The second kappa shape index (κ2) is 6.36. The van der Waals surface area contributed by atoms with Gasteiger partial charge in [0.15, 0.2) is 0 Å². The standard InChI is InChI=1S/C16H15Cl3O/c1-16(20,9-11-5-7-12(17)8-6-11)10-13-14(18)3-2-4-15(13)19/h2-8,20H,9-10H2,1H3. The van der Waals surface area contributed by atoms with E-state index >= 15 is 0 Å². The molecule has 0 aliphatic carbocycles. The van der Waals surface area contributed by atoms with Crippen molar-refractivity contribution < 1.29 is 5.11 Å². The number of aliphatic hydroxyl groups is 1. The molecule has 0 amide bonds. The van der Waals surface area contributed by atoms with Crippen LogP contribution in [0.5, 0.6) is 0 Å². The monoisotopic (exact) mass is 328 g/mol. The van der Waals surface area contributed by atoms with Crippen molar-refractivity contribution in [2.75, 3.05) is 0 Å². The molecule has 0 spiro atoms. The van der Waals surface area contributed by atoms with Gasteiger partial charge in [0.05, 0.1) is 5.60 Å². The Labute approximate surface area is 134 Å². The Morgan fingerprint density at radius 2 is 1.45 bits per heavy atom. The van der Waals surface area contributed by atoms with Crippen molar-refractivity contribution in [2.45, 2.75) is 25.4 Å². The van der Waals surface area contributed by atoms with Crippen molar-refractivity contribution in [1.82, 2.24) is 0 Å². The summed E-state index contributed by atoms with van der Waals surface area (Å²) in [5, 5.41) is 12.4. The Morgan fingerprint density at radius 1 is 0.900 bits per heavy atom. The van der Waals surface area contributed by atoms with E-state index in [1.807, 2.05) is 24.3 Å². The van der Waals surface area contributed by atoms with E-state index in [1.54, 1.807) is 25.1 Å². The predicted octanol–water partition coefficient (Wildman–Crippen LogP) is 5.18. The minimum Gasteiger partial charge on any atom is -0.389 e. The molecular formula is C16H15Cl3O. The third-order valence-electron chi connectivity index (χ3n) is 3.12. The van der Waals surface area contributed by atoms with E-state index in [0.29, 0.717) is 27.9 Å². The minimum atomic E-state index is -0.928. The summed E-state index contributed by atoms with van der Waals surface area (Å²) < 4.78 is 0. The van der Waals surface area contributed by atoms with E-state index in [1.165, 1.54) is 0 Å². The summed E-state index contributed by atoms with van der Waals surface area (Å²) in [6.07, 6.45) is 0.903. The fourth-order valence-electron chi connectivity index (χ4n) is 2.19. The Balaban J connectivity index is 2.16. The lowest BCUT2D eigenvalue weighted by Crippen LogP contribution is -2.30. The quantitative estimate of drug-likeness (QED) is 0.819. The molecule has 2 aromatic carbocycles. The van der Waals surface area contributed by atoms with Crippen LogP contribution in [0.25, 0.3) is 0 Å². The molecule has 106 valence electrons. The second-order valence-electron chi connectivity index (χ2n) is 5.18. The molecular weight excluding hydrogens is 315 g/mol. The zero-order chi connectivity index (χ0) is 14.8. The molecule has 0 aliphatic heterocycles. The molecule has 1 N–H and O–H groups in total. The van der Waals surface area contributed by atoms with Crippen molar-refractivity contribution >= 4 is 34.8 Å². The molecule has 2 aromatic rings. The van der Waals surface area contributed by atoms with Gasteiger partial charge >= 0.3 is 0 Å². The smallest absolute Gasteiger partial charge is 0.0701 e. The van der Waals surface area contributed by atoms with Crippen molar-refractivity contribution in [3.8, 4) is 0 Å². The van der Waals surface area contributed by atoms with Gasteiger partial charge in [-0.05, 0) is 42.3 Å². The zero-order valence-corrected chi connectivity index (χ0v) is 13.3. The molecule has 0 radical (unpaired) electrons. The van der Waals surface area contributed by atoms with Crippen LogP contribution in [0.1, 0.15) is 18.1 Å². The maximum absolute atomic E-state index is 10.6. The van der Waals surface area contributed by atoms with Crippen LogP contribution in [0.3, 0.4) is 0 Å². The van der Waals surface area contributed by atoms with Gasteiger partial charge in [-0.1, -0.05) is 53.0 Å². The molecule has 0 aliphatic rings. The Morgan fingerprint density at radius 3 is 2.00 bits per heavy atom. The Hall–Kier alpha value is -0.730. The summed E-state index contributed by atoms with van der Waals surface area (Å²) in [7, 11) is 0. The van der Waals surface area contributed by atoms with Gasteiger partial charge in [0.25, 0.3) is 0 Å². The molecule has 0 fully saturated rings. The van der Waals surface area contributed by atoms with E-state index in [-0.39, 0.29) is 0 Å². The number of hydrogen-bond donors (Lipinski definition) is 1. The minimum absolute atomic E-state index is 0.397. The highest BCUT2D eigenvalue weighted by Crippen LogP contribution is 2.29. The zero-order valence-electron chi connectivity index (χ0n) is 11.0. The average Bonchev–Trinajstić information content (AvgIpc) is 2.37. The maximum atomic E-state index is 10.6. The van der Waals surface area contributed by atoms with Gasteiger partial charge in [-0.25, -0.2) is 0 Å². The molecule has 0 bridgehead atoms. The van der Waals surface area contributed by atoms with Crippen LogP contribution in [-0.2, 0) is 12.8 Å². The molecule has 1 nitrogen and oxygen atoms in total. The first-order valence-electron chi connectivity index (χ1n) is 6.27. The van der Waals surface area contributed by atoms with E-state index < -0.39 is 5.60 Å². The lowest BCUT2D eigenvalue weighted by atomic mass is 9.90. The summed E-state index contributed by atoms with van der Waals surface area (Å²) >= 11 is 18.1. The SMILES string of the molecule is CC(O)(Cc1ccc(Cl)cc1)Cc1c(Cl)cccc1Cl. The maximum Gasteiger partial charge on any atom is 0.0701 e. The fraction of sp³-hybridized carbons (Fsp3) is 0.250. The molecule has 0 heterocycles. The van der Waals surface area contributed by atoms with Gasteiger partial charge in [-0.15, -0.1) is 0 Å². The van der Waals surface area contributed by atoms with E-state index in [0.717, 1.165) is 11.1 Å². The topological polar surface area (TPSA) is 20.2 Å².